The Morgan fingerprint density at radius 3 is 2.61 bits per heavy atom. The van der Waals surface area contributed by atoms with Crippen molar-refractivity contribution in [2.24, 2.45) is 5.92 Å². The first kappa shape index (κ1) is 14.4. The van der Waals surface area contributed by atoms with E-state index in [1.807, 2.05) is 0 Å². The molecule has 4 fully saturated rings. The first-order valence-electron chi connectivity index (χ1n) is 9.17. The van der Waals surface area contributed by atoms with Crippen molar-refractivity contribution in [1.82, 2.24) is 15.1 Å². The predicted octanol–water partition coefficient (Wildman–Crippen LogP) is 2.28. The van der Waals surface area contributed by atoms with Crippen molar-refractivity contribution < 1.29 is 13.9 Å². The Labute approximate surface area is 136 Å². The smallest absolute Gasteiger partial charge is 0.245 e. The molecule has 6 heteroatoms. The SMILES string of the molecule is C1CC(N2CC[C@H]3C[C@@H](c4nnc(C5CC5)o4)O[C@@H]3C2)CCO1. The average Bonchev–Trinajstić information content (AvgIpc) is 3.18. The summed E-state index contributed by atoms with van der Waals surface area (Å²) in [5.41, 5.74) is 0. The van der Waals surface area contributed by atoms with Crippen molar-refractivity contribution in [2.75, 3.05) is 26.3 Å². The van der Waals surface area contributed by atoms with E-state index in [1.54, 1.807) is 0 Å². The highest BCUT2D eigenvalue weighted by molar-refractivity contribution is 5.03. The molecule has 1 aromatic heterocycles. The lowest BCUT2D eigenvalue weighted by Crippen LogP contribution is -2.49. The highest BCUT2D eigenvalue weighted by Crippen LogP contribution is 2.43. The fraction of sp³-hybridized carbons (Fsp3) is 0.882. The summed E-state index contributed by atoms with van der Waals surface area (Å²) in [4.78, 5) is 2.62. The second-order valence-electron chi connectivity index (χ2n) is 7.54. The van der Waals surface area contributed by atoms with Gasteiger partial charge < -0.3 is 13.9 Å². The minimum absolute atomic E-state index is 0.0136. The lowest BCUT2D eigenvalue weighted by molar-refractivity contribution is -0.0428. The molecule has 0 spiro atoms. The first-order chi connectivity index (χ1) is 11.4. The van der Waals surface area contributed by atoms with Gasteiger partial charge in [0.15, 0.2) is 0 Å². The van der Waals surface area contributed by atoms with Gasteiger partial charge in [-0.15, -0.1) is 10.2 Å². The second-order valence-corrected chi connectivity index (χ2v) is 7.54. The molecule has 0 N–H and O–H groups in total. The van der Waals surface area contributed by atoms with E-state index in [-0.39, 0.29) is 6.10 Å². The van der Waals surface area contributed by atoms with Crippen molar-refractivity contribution in [1.29, 1.82) is 0 Å². The maximum atomic E-state index is 6.32. The van der Waals surface area contributed by atoms with E-state index in [2.05, 4.69) is 15.1 Å². The van der Waals surface area contributed by atoms with E-state index >= 15 is 0 Å². The summed E-state index contributed by atoms with van der Waals surface area (Å²) >= 11 is 0. The lowest BCUT2D eigenvalue weighted by atomic mass is 9.90. The molecule has 0 amide bonds. The van der Waals surface area contributed by atoms with Gasteiger partial charge in [-0.25, -0.2) is 0 Å². The predicted molar refractivity (Wildman–Crippen MR) is 82.0 cm³/mol. The number of fused-ring (bicyclic) bond motifs is 1. The van der Waals surface area contributed by atoms with Crippen molar-refractivity contribution in [3.63, 3.8) is 0 Å². The molecule has 3 saturated heterocycles. The van der Waals surface area contributed by atoms with Crippen molar-refractivity contribution >= 4 is 0 Å². The van der Waals surface area contributed by atoms with Gasteiger partial charge in [0.05, 0.1) is 6.10 Å². The zero-order valence-electron chi connectivity index (χ0n) is 13.5. The maximum Gasteiger partial charge on any atom is 0.245 e. The van der Waals surface area contributed by atoms with E-state index < -0.39 is 0 Å². The Kier molecular flexibility index (Phi) is 3.64. The van der Waals surface area contributed by atoms with E-state index in [0.717, 1.165) is 44.9 Å². The number of aromatic nitrogens is 2. The van der Waals surface area contributed by atoms with Crippen LogP contribution in [0.2, 0.25) is 0 Å². The fourth-order valence-corrected chi connectivity index (χ4v) is 4.37. The van der Waals surface area contributed by atoms with E-state index in [9.17, 15) is 0 Å². The standard InChI is InChI=1S/C17H25N3O3/c1-2-11(1)16-18-19-17(23-16)14-9-12-3-6-20(10-15(12)22-14)13-4-7-21-8-5-13/h11-15H,1-10H2/t12-,14-,15+/m0/s1. The third-order valence-corrected chi connectivity index (χ3v) is 5.95. The van der Waals surface area contributed by atoms with Gasteiger partial charge >= 0.3 is 0 Å². The van der Waals surface area contributed by atoms with Crippen LogP contribution in [0.1, 0.15) is 62.3 Å². The van der Waals surface area contributed by atoms with Gasteiger partial charge in [0.1, 0.15) is 6.10 Å². The molecule has 1 saturated carbocycles. The van der Waals surface area contributed by atoms with Crippen LogP contribution in [-0.4, -0.2) is 53.5 Å². The van der Waals surface area contributed by atoms with Crippen LogP contribution >= 0.6 is 0 Å². The molecule has 4 aliphatic rings. The van der Waals surface area contributed by atoms with Crippen LogP contribution in [0.15, 0.2) is 4.42 Å². The molecule has 126 valence electrons. The monoisotopic (exact) mass is 319 g/mol. The summed E-state index contributed by atoms with van der Waals surface area (Å²) in [6.07, 6.45) is 7.31. The highest BCUT2D eigenvalue weighted by Gasteiger charge is 2.43. The number of hydrogen-bond acceptors (Lipinski definition) is 6. The molecule has 3 aliphatic heterocycles. The summed E-state index contributed by atoms with van der Waals surface area (Å²) in [6, 6.07) is 0.678. The van der Waals surface area contributed by atoms with Gasteiger partial charge in [0.2, 0.25) is 11.8 Å². The summed E-state index contributed by atoms with van der Waals surface area (Å²) in [5.74, 6) is 2.69. The van der Waals surface area contributed by atoms with Gasteiger partial charge in [-0.1, -0.05) is 0 Å². The molecule has 0 bridgehead atoms. The Morgan fingerprint density at radius 2 is 1.78 bits per heavy atom. The Bertz CT molecular complexity index is 553. The molecule has 0 unspecified atom stereocenters. The summed E-state index contributed by atoms with van der Waals surface area (Å²) < 4.78 is 17.7. The van der Waals surface area contributed by atoms with E-state index in [4.69, 9.17) is 13.9 Å². The van der Waals surface area contributed by atoms with Crippen molar-refractivity contribution in [3.05, 3.63) is 11.8 Å². The zero-order valence-corrected chi connectivity index (χ0v) is 13.5. The van der Waals surface area contributed by atoms with Crippen molar-refractivity contribution in [3.8, 4) is 0 Å². The normalized spacial score (nSPS) is 36.3. The molecule has 0 aromatic carbocycles. The Morgan fingerprint density at radius 1 is 0.957 bits per heavy atom. The first-order valence-corrected chi connectivity index (χ1v) is 9.17. The van der Waals surface area contributed by atoms with E-state index in [0.29, 0.717) is 29.9 Å². The van der Waals surface area contributed by atoms with Crippen LogP contribution in [0.3, 0.4) is 0 Å². The number of hydrogen-bond donors (Lipinski definition) is 0. The number of ether oxygens (including phenoxy) is 2. The molecule has 4 heterocycles. The van der Waals surface area contributed by atoms with Gasteiger partial charge in [-0.2, -0.15) is 0 Å². The fourth-order valence-electron chi connectivity index (χ4n) is 4.37. The number of likely N-dealkylation sites (tertiary alicyclic amines) is 1. The quantitative estimate of drug-likeness (QED) is 0.852. The minimum Gasteiger partial charge on any atom is -0.422 e. The number of rotatable bonds is 3. The highest BCUT2D eigenvalue weighted by atomic mass is 16.5. The Hall–Kier alpha value is -0.980. The Balaban J connectivity index is 1.23. The molecule has 5 rings (SSSR count). The molecule has 1 aromatic rings. The largest absolute Gasteiger partial charge is 0.422 e. The molecular formula is C17H25N3O3. The van der Waals surface area contributed by atoms with Crippen LogP contribution in [0.25, 0.3) is 0 Å². The second kappa shape index (κ2) is 5.83. The lowest BCUT2D eigenvalue weighted by Gasteiger charge is -2.40. The average molecular weight is 319 g/mol. The van der Waals surface area contributed by atoms with Crippen LogP contribution in [0, 0.1) is 5.92 Å². The van der Waals surface area contributed by atoms with Gasteiger partial charge in [0, 0.05) is 31.7 Å². The van der Waals surface area contributed by atoms with Crippen molar-refractivity contribution in [2.45, 2.75) is 62.7 Å². The number of piperidine rings is 1. The molecule has 1 aliphatic carbocycles. The van der Waals surface area contributed by atoms with Gasteiger partial charge in [0.25, 0.3) is 0 Å². The molecule has 6 nitrogen and oxygen atoms in total. The topological polar surface area (TPSA) is 60.6 Å². The molecule has 23 heavy (non-hydrogen) atoms. The van der Waals surface area contributed by atoms with E-state index in [1.165, 1.54) is 25.8 Å². The summed E-state index contributed by atoms with van der Waals surface area (Å²) in [6.45, 7) is 4.06. The third kappa shape index (κ3) is 2.81. The minimum atomic E-state index is 0.0136. The summed E-state index contributed by atoms with van der Waals surface area (Å²) in [7, 11) is 0. The van der Waals surface area contributed by atoms with Gasteiger partial charge in [-0.3, -0.25) is 4.90 Å². The maximum absolute atomic E-state index is 6.32. The molecule has 3 atom stereocenters. The van der Waals surface area contributed by atoms with Crippen LogP contribution in [0.5, 0.6) is 0 Å². The zero-order chi connectivity index (χ0) is 15.2. The van der Waals surface area contributed by atoms with Crippen LogP contribution < -0.4 is 0 Å². The third-order valence-electron chi connectivity index (χ3n) is 5.95. The summed E-state index contributed by atoms with van der Waals surface area (Å²) in [5, 5.41) is 8.46. The van der Waals surface area contributed by atoms with Crippen LogP contribution in [0.4, 0.5) is 0 Å². The number of nitrogens with zero attached hydrogens (tertiary/aromatic N) is 3. The molecule has 0 radical (unpaired) electrons. The van der Waals surface area contributed by atoms with Crippen LogP contribution in [-0.2, 0) is 9.47 Å². The molecular weight excluding hydrogens is 294 g/mol. The van der Waals surface area contributed by atoms with Gasteiger partial charge in [-0.05, 0) is 51.0 Å².